The number of carbonyl (C=O) groups is 1. The van der Waals surface area contributed by atoms with E-state index in [0.29, 0.717) is 16.4 Å². The van der Waals surface area contributed by atoms with Crippen LogP contribution in [-0.2, 0) is 10.0 Å². The highest BCUT2D eigenvalue weighted by molar-refractivity contribution is 7.92. The van der Waals surface area contributed by atoms with Gasteiger partial charge in [0.05, 0.1) is 12.0 Å². The van der Waals surface area contributed by atoms with Gasteiger partial charge in [-0.2, -0.15) is 0 Å². The number of anilines is 3. The van der Waals surface area contributed by atoms with Crippen LogP contribution in [-0.4, -0.2) is 31.5 Å². The van der Waals surface area contributed by atoms with E-state index in [1.165, 1.54) is 43.8 Å². The molecule has 11 heteroatoms. The number of benzene rings is 2. The average Bonchev–Trinajstić information content (AvgIpc) is 2.68. The number of rotatable bonds is 6. The number of aromatic nitrogens is 2. The zero-order valence-electron chi connectivity index (χ0n) is 15.1. The van der Waals surface area contributed by atoms with Crippen LogP contribution in [0.15, 0.2) is 65.8 Å². The van der Waals surface area contributed by atoms with Crippen LogP contribution in [0.3, 0.4) is 0 Å². The van der Waals surface area contributed by atoms with E-state index < -0.39 is 16.1 Å². The van der Waals surface area contributed by atoms with Crippen molar-refractivity contribution in [1.29, 1.82) is 0 Å². The lowest BCUT2D eigenvalue weighted by atomic mass is 10.3. The predicted octanol–water partition coefficient (Wildman–Crippen LogP) is 3.58. The molecule has 0 aliphatic rings. The molecule has 2 aromatic carbocycles. The Labute approximate surface area is 172 Å². The molecule has 0 aliphatic heterocycles. The van der Waals surface area contributed by atoms with E-state index in [1.54, 1.807) is 24.3 Å². The van der Waals surface area contributed by atoms with Crippen molar-refractivity contribution in [2.75, 3.05) is 22.5 Å². The molecule has 0 radical (unpaired) electrons. The first-order valence-electron chi connectivity index (χ1n) is 8.18. The van der Waals surface area contributed by atoms with E-state index in [9.17, 15) is 13.2 Å². The number of hydrogen-bond donors (Lipinski definition) is 3. The highest BCUT2D eigenvalue weighted by atomic mass is 35.5. The largest absolute Gasteiger partial charge is 0.481 e. The van der Waals surface area contributed by atoms with Crippen molar-refractivity contribution < 1.29 is 17.9 Å². The Morgan fingerprint density at radius 2 is 1.72 bits per heavy atom. The molecule has 1 aromatic heterocycles. The van der Waals surface area contributed by atoms with Gasteiger partial charge in [0.15, 0.2) is 0 Å². The van der Waals surface area contributed by atoms with Crippen molar-refractivity contribution in [2.45, 2.75) is 4.90 Å². The average molecular weight is 434 g/mol. The number of hydrogen-bond acceptors (Lipinski definition) is 6. The summed E-state index contributed by atoms with van der Waals surface area (Å²) in [4.78, 5) is 19.7. The number of ether oxygens (including phenoxy) is 1. The van der Waals surface area contributed by atoms with Gasteiger partial charge in [-0.15, -0.1) is 0 Å². The van der Waals surface area contributed by atoms with Gasteiger partial charge in [0.1, 0.15) is 12.1 Å². The smallest absolute Gasteiger partial charge is 0.323 e. The molecule has 0 saturated heterocycles. The molecule has 0 fully saturated rings. The minimum atomic E-state index is -3.88. The number of amides is 2. The molecule has 0 bridgehead atoms. The quantitative estimate of drug-likeness (QED) is 0.546. The third kappa shape index (κ3) is 5.56. The number of sulfonamides is 1. The van der Waals surface area contributed by atoms with Crippen molar-refractivity contribution in [3.05, 3.63) is 65.9 Å². The Kier molecular flexibility index (Phi) is 6.15. The molecule has 1 heterocycles. The van der Waals surface area contributed by atoms with Crippen molar-refractivity contribution in [3.8, 4) is 5.88 Å². The summed E-state index contributed by atoms with van der Waals surface area (Å²) >= 11 is 5.87. The van der Waals surface area contributed by atoms with Gasteiger partial charge in [0, 0.05) is 22.5 Å². The van der Waals surface area contributed by atoms with Gasteiger partial charge in [-0.3, -0.25) is 4.72 Å². The van der Waals surface area contributed by atoms with Crippen LogP contribution in [0, 0.1) is 0 Å². The van der Waals surface area contributed by atoms with E-state index in [0.717, 1.165) is 0 Å². The molecular weight excluding hydrogens is 418 g/mol. The number of nitrogens with one attached hydrogen (secondary N) is 3. The first-order chi connectivity index (χ1) is 13.9. The van der Waals surface area contributed by atoms with Gasteiger partial charge in [-0.25, -0.2) is 23.2 Å². The first-order valence-corrected chi connectivity index (χ1v) is 10.0. The molecule has 29 heavy (non-hydrogen) atoms. The lowest BCUT2D eigenvalue weighted by molar-refractivity contribution is 0.262. The number of carbonyl (C=O) groups excluding carboxylic acids is 1. The van der Waals surface area contributed by atoms with Crippen molar-refractivity contribution >= 4 is 44.8 Å². The lowest BCUT2D eigenvalue weighted by Gasteiger charge is -2.10. The summed E-state index contributed by atoms with van der Waals surface area (Å²) in [5.74, 6) is 0.294. The Morgan fingerprint density at radius 3 is 2.41 bits per heavy atom. The fourth-order valence-electron chi connectivity index (χ4n) is 2.28. The van der Waals surface area contributed by atoms with Crippen molar-refractivity contribution in [1.82, 2.24) is 9.97 Å². The summed E-state index contributed by atoms with van der Waals surface area (Å²) in [6.07, 6.45) is 1.18. The normalized spacial score (nSPS) is 10.8. The Bertz CT molecular complexity index is 1120. The zero-order valence-corrected chi connectivity index (χ0v) is 16.7. The molecule has 150 valence electrons. The molecule has 0 spiro atoms. The highest BCUT2D eigenvalue weighted by Crippen LogP contribution is 2.19. The third-order valence-electron chi connectivity index (χ3n) is 3.60. The van der Waals surface area contributed by atoms with Crippen molar-refractivity contribution in [2.24, 2.45) is 0 Å². The maximum atomic E-state index is 12.5. The standard InChI is InChI=1S/C18H16ClN5O4S/c1-28-17-10-16(20-11-21-17)24-29(26,27)15-7-5-13(6-8-15)22-18(25)23-14-4-2-3-12(19)9-14/h2-11H,1H3,(H,20,21,24)(H2,22,23,25). The monoisotopic (exact) mass is 433 g/mol. The zero-order chi connectivity index (χ0) is 20.9. The Hall–Kier alpha value is -3.37. The van der Waals surface area contributed by atoms with Crippen LogP contribution in [0.5, 0.6) is 5.88 Å². The second kappa shape index (κ2) is 8.76. The lowest BCUT2D eigenvalue weighted by Crippen LogP contribution is -2.19. The van der Waals surface area contributed by atoms with Gasteiger partial charge in [-0.05, 0) is 42.5 Å². The van der Waals surface area contributed by atoms with Crippen LogP contribution in [0.4, 0.5) is 22.0 Å². The molecule has 2 amide bonds. The number of halogens is 1. The van der Waals surface area contributed by atoms with E-state index in [-0.39, 0.29) is 16.6 Å². The van der Waals surface area contributed by atoms with Crippen LogP contribution < -0.4 is 20.1 Å². The fraction of sp³-hybridized carbons (Fsp3) is 0.0556. The van der Waals surface area contributed by atoms with E-state index in [2.05, 4.69) is 25.3 Å². The number of nitrogens with zero attached hydrogens (tertiary/aromatic N) is 2. The summed E-state index contributed by atoms with van der Waals surface area (Å²) in [5.41, 5.74) is 0.936. The molecule has 0 unspecified atom stereocenters. The molecule has 3 aromatic rings. The molecule has 9 nitrogen and oxygen atoms in total. The van der Waals surface area contributed by atoms with Crippen LogP contribution in [0.25, 0.3) is 0 Å². The topological polar surface area (TPSA) is 122 Å². The van der Waals surface area contributed by atoms with E-state index in [1.807, 2.05) is 0 Å². The first kappa shape index (κ1) is 20.4. The summed E-state index contributed by atoms with van der Waals surface area (Å²) in [5, 5.41) is 5.73. The third-order valence-corrected chi connectivity index (χ3v) is 5.20. The van der Waals surface area contributed by atoms with Crippen LogP contribution in [0.1, 0.15) is 0 Å². The van der Waals surface area contributed by atoms with Crippen molar-refractivity contribution in [3.63, 3.8) is 0 Å². The second-order valence-electron chi connectivity index (χ2n) is 5.66. The molecule has 3 rings (SSSR count). The SMILES string of the molecule is COc1cc(NS(=O)(=O)c2ccc(NC(=O)Nc3cccc(Cl)c3)cc2)ncn1. The highest BCUT2D eigenvalue weighted by Gasteiger charge is 2.15. The predicted molar refractivity (Wildman–Crippen MR) is 110 cm³/mol. The fourth-order valence-corrected chi connectivity index (χ4v) is 3.47. The van der Waals surface area contributed by atoms with Gasteiger partial charge < -0.3 is 15.4 Å². The van der Waals surface area contributed by atoms with Gasteiger partial charge in [-0.1, -0.05) is 17.7 Å². The minimum Gasteiger partial charge on any atom is -0.481 e. The van der Waals surface area contributed by atoms with Crippen LogP contribution in [0.2, 0.25) is 5.02 Å². The second-order valence-corrected chi connectivity index (χ2v) is 7.78. The molecule has 0 aliphatic carbocycles. The van der Waals surface area contributed by atoms with Gasteiger partial charge >= 0.3 is 6.03 Å². The van der Waals surface area contributed by atoms with Crippen LogP contribution >= 0.6 is 11.6 Å². The Morgan fingerprint density at radius 1 is 1.00 bits per heavy atom. The van der Waals surface area contributed by atoms with Gasteiger partial charge in [0.2, 0.25) is 5.88 Å². The van der Waals surface area contributed by atoms with E-state index >= 15 is 0 Å². The summed E-state index contributed by atoms with van der Waals surface area (Å²) in [7, 11) is -2.46. The number of urea groups is 1. The summed E-state index contributed by atoms with van der Waals surface area (Å²) < 4.78 is 32.2. The van der Waals surface area contributed by atoms with E-state index in [4.69, 9.17) is 16.3 Å². The maximum Gasteiger partial charge on any atom is 0.323 e. The molecular formula is C18H16ClN5O4S. The summed E-state index contributed by atoms with van der Waals surface area (Å²) in [6, 6.07) is 13.2. The molecule has 0 atom stereocenters. The summed E-state index contributed by atoms with van der Waals surface area (Å²) in [6.45, 7) is 0. The Balaban J connectivity index is 1.66. The molecule has 3 N–H and O–H groups in total. The minimum absolute atomic E-state index is 0.00382. The number of methoxy groups -OCH3 is 1. The van der Waals surface area contributed by atoms with Gasteiger partial charge in [0.25, 0.3) is 10.0 Å². The molecule has 0 saturated carbocycles. The maximum absolute atomic E-state index is 12.5.